The lowest BCUT2D eigenvalue weighted by Crippen LogP contribution is -2.24. The Morgan fingerprint density at radius 3 is 2.45 bits per heavy atom. The van der Waals surface area contributed by atoms with E-state index in [0.29, 0.717) is 10.7 Å². The Labute approximate surface area is 136 Å². The van der Waals surface area contributed by atoms with Crippen LogP contribution in [-0.4, -0.2) is 18.0 Å². The summed E-state index contributed by atoms with van der Waals surface area (Å²) in [5.41, 5.74) is 0.623. The van der Waals surface area contributed by atoms with Gasteiger partial charge in [-0.2, -0.15) is 0 Å². The number of rotatable bonds is 4. The molecule has 2 aromatic carbocycles. The first kappa shape index (κ1) is 16.1. The Bertz CT molecular complexity index is 707. The van der Waals surface area contributed by atoms with Crippen molar-refractivity contribution in [2.75, 3.05) is 12.4 Å². The standard InChI is InChI=1S/C14H12ClN3O3S/c1-16-14(19)17-9-2-5-11(6-3-9)22-13-7-4-10(18(20)21)8-12(13)15/h2-8H,1H3,(H2,16,17,19). The van der Waals surface area contributed by atoms with Crippen LogP contribution in [0.5, 0.6) is 0 Å². The van der Waals surface area contributed by atoms with Crippen LogP contribution < -0.4 is 10.6 Å². The monoisotopic (exact) mass is 337 g/mol. The molecule has 2 rings (SSSR count). The van der Waals surface area contributed by atoms with E-state index in [2.05, 4.69) is 10.6 Å². The highest BCUT2D eigenvalue weighted by Crippen LogP contribution is 2.35. The van der Waals surface area contributed by atoms with E-state index in [4.69, 9.17) is 11.6 Å². The summed E-state index contributed by atoms with van der Waals surface area (Å²) in [7, 11) is 1.54. The topological polar surface area (TPSA) is 84.3 Å². The molecule has 0 fully saturated rings. The molecule has 114 valence electrons. The molecule has 8 heteroatoms. The summed E-state index contributed by atoms with van der Waals surface area (Å²) in [6.45, 7) is 0. The average molecular weight is 338 g/mol. The molecule has 0 spiro atoms. The molecule has 0 saturated carbocycles. The molecule has 0 aliphatic rings. The van der Waals surface area contributed by atoms with Crippen LogP contribution in [0, 0.1) is 10.1 Å². The number of hydrogen-bond acceptors (Lipinski definition) is 4. The summed E-state index contributed by atoms with van der Waals surface area (Å²) in [4.78, 5) is 23.0. The summed E-state index contributed by atoms with van der Waals surface area (Å²) < 4.78 is 0. The van der Waals surface area contributed by atoms with Crippen molar-refractivity contribution in [2.45, 2.75) is 9.79 Å². The van der Waals surface area contributed by atoms with E-state index < -0.39 is 4.92 Å². The summed E-state index contributed by atoms with van der Waals surface area (Å²) >= 11 is 7.44. The lowest BCUT2D eigenvalue weighted by atomic mass is 10.3. The van der Waals surface area contributed by atoms with Crippen molar-refractivity contribution in [3.8, 4) is 0 Å². The van der Waals surface area contributed by atoms with Crippen molar-refractivity contribution in [2.24, 2.45) is 0 Å². The van der Waals surface area contributed by atoms with E-state index >= 15 is 0 Å². The van der Waals surface area contributed by atoms with Gasteiger partial charge in [0.1, 0.15) is 0 Å². The van der Waals surface area contributed by atoms with Crippen molar-refractivity contribution < 1.29 is 9.72 Å². The first-order valence-electron chi connectivity index (χ1n) is 6.20. The molecule has 0 atom stereocenters. The number of carbonyl (C=O) groups excluding carboxylic acids is 1. The molecule has 22 heavy (non-hydrogen) atoms. The molecule has 0 aliphatic carbocycles. The number of anilines is 1. The van der Waals surface area contributed by atoms with E-state index in [1.807, 2.05) is 12.1 Å². The van der Waals surface area contributed by atoms with Gasteiger partial charge in [-0.05, 0) is 30.3 Å². The fourth-order valence-corrected chi connectivity index (χ4v) is 2.72. The number of non-ortho nitro benzene ring substituents is 1. The van der Waals surface area contributed by atoms with Crippen LogP contribution in [0.25, 0.3) is 0 Å². The Kier molecular flexibility index (Phi) is 5.24. The smallest absolute Gasteiger partial charge is 0.318 e. The Morgan fingerprint density at radius 2 is 1.91 bits per heavy atom. The predicted molar refractivity (Wildman–Crippen MR) is 86.7 cm³/mol. The van der Waals surface area contributed by atoms with Crippen molar-refractivity contribution in [3.05, 3.63) is 57.6 Å². The van der Waals surface area contributed by atoms with Crippen molar-refractivity contribution in [1.82, 2.24) is 5.32 Å². The third-order valence-electron chi connectivity index (χ3n) is 2.69. The molecule has 0 unspecified atom stereocenters. The van der Waals surface area contributed by atoms with E-state index in [0.717, 1.165) is 9.79 Å². The first-order valence-corrected chi connectivity index (χ1v) is 7.39. The van der Waals surface area contributed by atoms with Gasteiger partial charge >= 0.3 is 6.03 Å². The number of carbonyl (C=O) groups is 1. The Morgan fingerprint density at radius 1 is 1.23 bits per heavy atom. The lowest BCUT2D eigenvalue weighted by Gasteiger charge is -2.07. The second-order valence-electron chi connectivity index (χ2n) is 4.20. The van der Waals surface area contributed by atoms with Gasteiger partial charge in [0.05, 0.1) is 9.95 Å². The number of halogens is 1. The molecule has 2 aromatic rings. The van der Waals surface area contributed by atoms with Crippen molar-refractivity contribution in [3.63, 3.8) is 0 Å². The Balaban J connectivity index is 2.11. The van der Waals surface area contributed by atoms with Gasteiger partial charge in [0.15, 0.2) is 0 Å². The third kappa shape index (κ3) is 4.12. The zero-order valence-corrected chi connectivity index (χ0v) is 13.1. The van der Waals surface area contributed by atoms with E-state index in [9.17, 15) is 14.9 Å². The summed E-state index contributed by atoms with van der Waals surface area (Å²) in [6, 6.07) is 11.2. The van der Waals surface area contributed by atoms with Crippen LogP contribution in [0.4, 0.5) is 16.2 Å². The third-order valence-corrected chi connectivity index (χ3v) is 4.20. The fourth-order valence-electron chi connectivity index (χ4n) is 1.61. The minimum absolute atomic E-state index is 0.0422. The minimum Gasteiger partial charge on any atom is -0.341 e. The molecule has 6 nitrogen and oxygen atoms in total. The van der Waals surface area contributed by atoms with Crippen LogP contribution in [0.15, 0.2) is 52.3 Å². The highest BCUT2D eigenvalue weighted by Gasteiger charge is 2.10. The highest BCUT2D eigenvalue weighted by atomic mass is 35.5. The normalized spacial score (nSPS) is 10.1. The first-order chi connectivity index (χ1) is 10.5. The SMILES string of the molecule is CNC(=O)Nc1ccc(Sc2ccc([N+](=O)[O-])cc2Cl)cc1. The molecule has 0 bridgehead atoms. The number of nitro benzene ring substituents is 1. The average Bonchev–Trinajstić information content (AvgIpc) is 2.50. The molecule has 0 heterocycles. The molecule has 0 radical (unpaired) electrons. The molecular formula is C14H12ClN3O3S. The van der Waals surface area contributed by atoms with Crippen LogP contribution in [0.1, 0.15) is 0 Å². The van der Waals surface area contributed by atoms with Gasteiger partial charge < -0.3 is 10.6 Å². The largest absolute Gasteiger partial charge is 0.341 e. The molecule has 2 amide bonds. The highest BCUT2D eigenvalue weighted by molar-refractivity contribution is 7.99. The maximum absolute atomic E-state index is 11.2. The van der Waals surface area contributed by atoms with Crippen LogP contribution >= 0.6 is 23.4 Å². The second kappa shape index (κ2) is 7.15. The van der Waals surface area contributed by atoms with Gasteiger partial charge in [-0.1, -0.05) is 23.4 Å². The number of nitro groups is 1. The summed E-state index contributed by atoms with van der Waals surface area (Å²) in [6.07, 6.45) is 0. The molecule has 0 aromatic heterocycles. The number of amides is 2. The van der Waals surface area contributed by atoms with Gasteiger partial charge in [0.25, 0.3) is 5.69 Å². The zero-order valence-electron chi connectivity index (χ0n) is 11.5. The summed E-state index contributed by atoms with van der Waals surface area (Å²) in [5.74, 6) is 0. The maximum atomic E-state index is 11.2. The van der Waals surface area contributed by atoms with E-state index in [-0.39, 0.29) is 11.7 Å². The number of urea groups is 1. The van der Waals surface area contributed by atoms with Gasteiger partial charge in [0, 0.05) is 34.7 Å². The van der Waals surface area contributed by atoms with Crippen LogP contribution in [0.3, 0.4) is 0 Å². The van der Waals surface area contributed by atoms with Gasteiger partial charge in [0.2, 0.25) is 0 Å². The summed E-state index contributed by atoms with van der Waals surface area (Å²) in [5, 5.41) is 16.1. The number of nitrogens with zero attached hydrogens (tertiary/aromatic N) is 1. The van der Waals surface area contributed by atoms with Gasteiger partial charge in [-0.15, -0.1) is 0 Å². The zero-order chi connectivity index (χ0) is 16.1. The Hall–Kier alpha value is -2.25. The molecular weight excluding hydrogens is 326 g/mol. The molecule has 0 aliphatic heterocycles. The lowest BCUT2D eigenvalue weighted by molar-refractivity contribution is -0.384. The quantitative estimate of drug-likeness (QED) is 0.648. The van der Waals surface area contributed by atoms with Crippen LogP contribution in [0.2, 0.25) is 5.02 Å². The number of hydrogen-bond donors (Lipinski definition) is 2. The molecule has 2 N–H and O–H groups in total. The van der Waals surface area contributed by atoms with Crippen molar-refractivity contribution >= 4 is 40.8 Å². The van der Waals surface area contributed by atoms with Gasteiger partial charge in [-0.3, -0.25) is 10.1 Å². The number of nitrogens with one attached hydrogen (secondary N) is 2. The number of benzene rings is 2. The minimum atomic E-state index is -0.487. The second-order valence-corrected chi connectivity index (χ2v) is 5.72. The predicted octanol–water partition coefficient (Wildman–Crippen LogP) is 4.15. The van der Waals surface area contributed by atoms with Gasteiger partial charge in [-0.25, -0.2) is 4.79 Å². The van der Waals surface area contributed by atoms with E-state index in [1.165, 1.54) is 30.9 Å². The van der Waals surface area contributed by atoms with Crippen molar-refractivity contribution in [1.29, 1.82) is 0 Å². The fraction of sp³-hybridized carbons (Fsp3) is 0.0714. The van der Waals surface area contributed by atoms with E-state index in [1.54, 1.807) is 18.2 Å². The molecule has 0 saturated heterocycles. The maximum Gasteiger partial charge on any atom is 0.318 e. The van der Waals surface area contributed by atoms with Crippen LogP contribution in [-0.2, 0) is 0 Å².